The second-order valence-electron chi connectivity index (χ2n) is 5.24. The average Bonchev–Trinajstić information content (AvgIpc) is 2.62. The molecule has 1 saturated carbocycles. The monoisotopic (exact) mass is 271 g/mol. The minimum Gasteiger partial charge on any atom is -0.314 e. The van der Waals surface area contributed by atoms with Gasteiger partial charge in [-0.25, -0.2) is 13.2 Å². The van der Waals surface area contributed by atoms with Crippen molar-refractivity contribution in [2.75, 3.05) is 6.54 Å². The van der Waals surface area contributed by atoms with Crippen LogP contribution in [-0.2, 0) is 0 Å². The van der Waals surface area contributed by atoms with Crippen molar-refractivity contribution in [2.45, 2.75) is 51.0 Å². The van der Waals surface area contributed by atoms with Gasteiger partial charge in [-0.15, -0.1) is 0 Å². The molecule has 1 aromatic rings. The van der Waals surface area contributed by atoms with E-state index in [-0.39, 0.29) is 5.92 Å². The minimum atomic E-state index is -1.35. The molecular weight excluding hydrogens is 251 g/mol. The van der Waals surface area contributed by atoms with Crippen LogP contribution in [0.15, 0.2) is 12.1 Å². The largest absolute Gasteiger partial charge is 0.314 e. The van der Waals surface area contributed by atoms with Crippen LogP contribution < -0.4 is 5.32 Å². The zero-order valence-electron chi connectivity index (χ0n) is 11.2. The van der Waals surface area contributed by atoms with E-state index in [0.717, 1.165) is 44.7 Å². The first-order chi connectivity index (χ1) is 9.13. The first-order valence-corrected chi connectivity index (χ1v) is 7.00. The Kier molecular flexibility index (Phi) is 4.86. The summed E-state index contributed by atoms with van der Waals surface area (Å²) in [7, 11) is 0. The summed E-state index contributed by atoms with van der Waals surface area (Å²) in [6.45, 7) is 2.91. The Morgan fingerprint density at radius 1 is 1.11 bits per heavy atom. The van der Waals surface area contributed by atoms with Gasteiger partial charge in [0, 0.05) is 6.04 Å². The van der Waals surface area contributed by atoms with Gasteiger partial charge < -0.3 is 5.32 Å². The Balaban J connectivity index is 2.22. The molecule has 1 N–H and O–H groups in total. The first-order valence-electron chi connectivity index (χ1n) is 7.00. The number of rotatable bonds is 3. The summed E-state index contributed by atoms with van der Waals surface area (Å²) < 4.78 is 40.2. The fourth-order valence-corrected chi connectivity index (χ4v) is 2.97. The molecule has 1 aromatic carbocycles. The fourth-order valence-electron chi connectivity index (χ4n) is 2.97. The molecule has 1 fully saturated rings. The lowest BCUT2D eigenvalue weighted by Crippen LogP contribution is -2.29. The van der Waals surface area contributed by atoms with Crippen molar-refractivity contribution in [3.8, 4) is 0 Å². The van der Waals surface area contributed by atoms with Gasteiger partial charge in [0.1, 0.15) is 0 Å². The molecule has 0 spiro atoms. The first kappa shape index (κ1) is 14.4. The molecular formula is C15H20F3N. The number of nitrogens with one attached hydrogen (secondary N) is 1. The second kappa shape index (κ2) is 6.42. The van der Waals surface area contributed by atoms with E-state index in [4.69, 9.17) is 0 Å². The molecule has 1 aliphatic carbocycles. The molecule has 0 saturated heterocycles. The molecule has 0 amide bonds. The highest BCUT2D eigenvalue weighted by atomic mass is 19.2. The number of hydrogen-bond acceptors (Lipinski definition) is 1. The van der Waals surface area contributed by atoms with Gasteiger partial charge in [-0.3, -0.25) is 0 Å². The van der Waals surface area contributed by atoms with Crippen LogP contribution in [-0.4, -0.2) is 12.6 Å². The van der Waals surface area contributed by atoms with Crippen molar-refractivity contribution in [1.29, 1.82) is 0 Å². The molecule has 0 aromatic heterocycles. The Morgan fingerprint density at radius 3 is 2.58 bits per heavy atom. The Bertz CT molecular complexity index is 434. The molecule has 1 aliphatic rings. The van der Waals surface area contributed by atoms with Gasteiger partial charge in [0.15, 0.2) is 17.5 Å². The van der Waals surface area contributed by atoms with Crippen LogP contribution in [0.1, 0.15) is 50.5 Å². The predicted octanol–water partition coefficient (Wildman–Crippen LogP) is 4.13. The fraction of sp³-hybridized carbons (Fsp3) is 0.600. The quantitative estimate of drug-likeness (QED) is 0.644. The van der Waals surface area contributed by atoms with E-state index < -0.39 is 17.5 Å². The van der Waals surface area contributed by atoms with Gasteiger partial charge in [-0.2, -0.15) is 0 Å². The number of hydrogen-bond donors (Lipinski definition) is 1. The van der Waals surface area contributed by atoms with Crippen LogP contribution in [0.3, 0.4) is 0 Å². The summed E-state index contributed by atoms with van der Waals surface area (Å²) >= 11 is 0. The van der Waals surface area contributed by atoms with E-state index in [2.05, 4.69) is 5.32 Å². The standard InChI is InChI=1S/C15H20F3N/c1-2-19-11-6-4-3-5-10(9-11)12-7-8-13(16)15(18)14(12)17/h7-8,10-11,19H,2-6,9H2,1H3. The van der Waals surface area contributed by atoms with Crippen molar-refractivity contribution in [3.05, 3.63) is 35.1 Å². The molecule has 2 rings (SSSR count). The van der Waals surface area contributed by atoms with Crippen molar-refractivity contribution in [2.24, 2.45) is 0 Å². The summed E-state index contributed by atoms with van der Waals surface area (Å²) in [5.41, 5.74) is 0.323. The van der Waals surface area contributed by atoms with E-state index in [1.807, 2.05) is 6.92 Å². The van der Waals surface area contributed by atoms with Crippen molar-refractivity contribution in [3.63, 3.8) is 0 Å². The van der Waals surface area contributed by atoms with Crippen LogP contribution in [0.5, 0.6) is 0 Å². The molecule has 0 heterocycles. The highest BCUT2D eigenvalue weighted by Gasteiger charge is 2.25. The van der Waals surface area contributed by atoms with Crippen LogP contribution in [0, 0.1) is 17.5 Å². The van der Waals surface area contributed by atoms with E-state index in [0.29, 0.717) is 11.6 Å². The lowest BCUT2D eigenvalue weighted by molar-refractivity contribution is 0.414. The molecule has 4 heteroatoms. The summed E-state index contributed by atoms with van der Waals surface area (Å²) in [5.74, 6) is -3.50. The third-order valence-electron chi connectivity index (χ3n) is 3.92. The van der Waals surface area contributed by atoms with Crippen molar-refractivity contribution >= 4 is 0 Å². The van der Waals surface area contributed by atoms with E-state index >= 15 is 0 Å². The lowest BCUT2D eigenvalue weighted by Gasteiger charge is -2.21. The Morgan fingerprint density at radius 2 is 1.84 bits per heavy atom. The van der Waals surface area contributed by atoms with Gasteiger partial charge in [0.25, 0.3) is 0 Å². The molecule has 0 bridgehead atoms. The molecule has 0 radical (unpaired) electrons. The molecule has 19 heavy (non-hydrogen) atoms. The third-order valence-corrected chi connectivity index (χ3v) is 3.92. The van der Waals surface area contributed by atoms with Gasteiger partial charge in [0.05, 0.1) is 0 Å². The molecule has 106 valence electrons. The maximum Gasteiger partial charge on any atom is 0.194 e. The maximum atomic E-state index is 13.9. The number of benzene rings is 1. The van der Waals surface area contributed by atoms with Crippen molar-refractivity contribution in [1.82, 2.24) is 5.32 Å². The SMILES string of the molecule is CCNC1CCCCC(c2ccc(F)c(F)c2F)C1. The maximum absolute atomic E-state index is 13.9. The lowest BCUT2D eigenvalue weighted by atomic mass is 9.89. The molecule has 1 nitrogen and oxygen atoms in total. The summed E-state index contributed by atoms with van der Waals surface area (Å²) in [6, 6.07) is 2.76. The van der Waals surface area contributed by atoms with E-state index in [1.54, 1.807) is 0 Å². The topological polar surface area (TPSA) is 12.0 Å². The van der Waals surface area contributed by atoms with Crippen molar-refractivity contribution < 1.29 is 13.2 Å². The Hall–Kier alpha value is -1.03. The highest BCUT2D eigenvalue weighted by molar-refractivity contribution is 5.24. The molecule has 2 atom stereocenters. The van der Waals surface area contributed by atoms with Crippen LogP contribution in [0.4, 0.5) is 13.2 Å². The zero-order chi connectivity index (χ0) is 13.8. The van der Waals surface area contributed by atoms with Crippen LogP contribution in [0.25, 0.3) is 0 Å². The van der Waals surface area contributed by atoms with Gasteiger partial charge >= 0.3 is 0 Å². The van der Waals surface area contributed by atoms with Crippen LogP contribution in [0.2, 0.25) is 0 Å². The Labute approximate surface area is 112 Å². The average molecular weight is 271 g/mol. The zero-order valence-corrected chi connectivity index (χ0v) is 11.2. The molecule has 0 aliphatic heterocycles. The normalized spacial score (nSPS) is 24.2. The molecule has 2 unspecified atom stereocenters. The van der Waals surface area contributed by atoms with Gasteiger partial charge in [-0.05, 0) is 43.4 Å². The summed E-state index contributed by atoms with van der Waals surface area (Å²) in [5, 5.41) is 3.38. The van der Waals surface area contributed by atoms with Gasteiger partial charge in [-0.1, -0.05) is 25.8 Å². The van der Waals surface area contributed by atoms with Gasteiger partial charge in [0.2, 0.25) is 0 Å². The van der Waals surface area contributed by atoms with E-state index in [9.17, 15) is 13.2 Å². The van der Waals surface area contributed by atoms with E-state index in [1.165, 1.54) is 6.07 Å². The highest BCUT2D eigenvalue weighted by Crippen LogP contribution is 2.34. The number of halogens is 3. The summed E-state index contributed by atoms with van der Waals surface area (Å²) in [6.07, 6.45) is 4.79. The third kappa shape index (κ3) is 3.30. The summed E-state index contributed by atoms with van der Waals surface area (Å²) in [4.78, 5) is 0. The predicted molar refractivity (Wildman–Crippen MR) is 69.6 cm³/mol. The smallest absolute Gasteiger partial charge is 0.194 e. The van der Waals surface area contributed by atoms with Crippen LogP contribution >= 0.6 is 0 Å². The minimum absolute atomic E-state index is 0.0263. The second-order valence-corrected chi connectivity index (χ2v) is 5.24.